The summed E-state index contributed by atoms with van der Waals surface area (Å²) in [6.07, 6.45) is 1.73. The van der Waals surface area contributed by atoms with E-state index in [-0.39, 0.29) is 5.78 Å². The van der Waals surface area contributed by atoms with Gasteiger partial charge in [-0.1, -0.05) is 15.9 Å². The van der Waals surface area contributed by atoms with Crippen LogP contribution in [0.25, 0.3) is 0 Å². The molecule has 88 valence electrons. The van der Waals surface area contributed by atoms with Gasteiger partial charge in [-0.05, 0) is 25.1 Å². The molecule has 3 nitrogen and oxygen atoms in total. The van der Waals surface area contributed by atoms with Crippen LogP contribution in [0.3, 0.4) is 0 Å². The fraction of sp³-hybridized carbons (Fsp3) is 0.167. The molecular weight excluding hydrogens is 302 g/mol. The van der Waals surface area contributed by atoms with Crippen LogP contribution in [-0.2, 0) is 6.61 Å². The van der Waals surface area contributed by atoms with Gasteiger partial charge in [-0.3, -0.25) is 4.79 Å². The van der Waals surface area contributed by atoms with Gasteiger partial charge >= 0.3 is 0 Å². The molecule has 0 aliphatic heterocycles. The van der Waals surface area contributed by atoms with Crippen molar-refractivity contribution in [1.82, 2.24) is 4.98 Å². The summed E-state index contributed by atoms with van der Waals surface area (Å²) in [5, 5.41) is 2.78. The van der Waals surface area contributed by atoms with Gasteiger partial charge in [-0.2, -0.15) is 0 Å². The minimum Gasteiger partial charge on any atom is -0.486 e. The molecule has 0 saturated carbocycles. The van der Waals surface area contributed by atoms with Crippen molar-refractivity contribution in [3.63, 3.8) is 0 Å². The first-order valence-electron chi connectivity index (χ1n) is 4.98. The number of hydrogen-bond donors (Lipinski definition) is 0. The molecule has 2 rings (SSSR count). The maximum atomic E-state index is 11.4. The molecule has 0 aliphatic rings. The van der Waals surface area contributed by atoms with Gasteiger partial charge in [0, 0.05) is 16.0 Å². The lowest BCUT2D eigenvalue weighted by molar-refractivity contribution is 0.101. The molecule has 0 spiro atoms. The third-order valence-corrected chi connectivity index (χ3v) is 3.40. The third kappa shape index (κ3) is 3.14. The second-order valence-corrected chi connectivity index (χ2v) is 5.31. The molecule has 1 aromatic heterocycles. The normalized spacial score (nSPS) is 10.2. The summed E-state index contributed by atoms with van der Waals surface area (Å²) in [7, 11) is 0. The van der Waals surface area contributed by atoms with Gasteiger partial charge in [0.2, 0.25) is 0 Å². The molecule has 1 heterocycles. The number of ketones is 1. The fourth-order valence-electron chi connectivity index (χ4n) is 1.37. The van der Waals surface area contributed by atoms with Crippen molar-refractivity contribution < 1.29 is 9.53 Å². The van der Waals surface area contributed by atoms with Crippen molar-refractivity contribution in [3.8, 4) is 5.75 Å². The summed E-state index contributed by atoms with van der Waals surface area (Å²) in [5.74, 6) is 0.578. The number of aromatic nitrogens is 1. The van der Waals surface area contributed by atoms with Gasteiger partial charge in [0.1, 0.15) is 17.4 Å². The van der Waals surface area contributed by atoms with Crippen molar-refractivity contribution in [2.45, 2.75) is 13.5 Å². The highest BCUT2D eigenvalue weighted by Crippen LogP contribution is 2.25. The zero-order valence-electron chi connectivity index (χ0n) is 9.14. The van der Waals surface area contributed by atoms with Crippen LogP contribution in [-0.4, -0.2) is 10.8 Å². The maximum Gasteiger partial charge on any atom is 0.163 e. The van der Waals surface area contributed by atoms with Crippen LogP contribution in [0.5, 0.6) is 5.75 Å². The summed E-state index contributed by atoms with van der Waals surface area (Å²) in [4.78, 5) is 15.6. The molecule has 0 saturated heterocycles. The molecule has 0 fully saturated rings. The third-order valence-electron chi connectivity index (χ3n) is 2.16. The van der Waals surface area contributed by atoms with E-state index in [9.17, 15) is 4.79 Å². The van der Waals surface area contributed by atoms with Gasteiger partial charge in [0.05, 0.1) is 5.56 Å². The topological polar surface area (TPSA) is 39.2 Å². The van der Waals surface area contributed by atoms with Crippen molar-refractivity contribution in [2.24, 2.45) is 0 Å². The Hall–Kier alpha value is -1.20. The zero-order chi connectivity index (χ0) is 12.3. The quantitative estimate of drug-likeness (QED) is 0.808. The number of Topliss-reactive ketones (excluding diaryl/α,β-unsaturated/α-hetero) is 1. The predicted octanol–water partition coefficient (Wildman–Crippen LogP) is 3.69. The van der Waals surface area contributed by atoms with Gasteiger partial charge in [-0.15, -0.1) is 11.3 Å². The van der Waals surface area contributed by atoms with Crippen LogP contribution in [0.4, 0.5) is 0 Å². The molecule has 0 amide bonds. The smallest absolute Gasteiger partial charge is 0.163 e. The number of halogens is 1. The Balaban J connectivity index is 2.19. The average Bonchev–Trinajstić information content (AvgIpc) is 2.78. The van der Waals surface area contributed by atoms with Crippen LogP contribution in [0.15, 0.2) is 34.2 Å². The minimum absolute atomic E-state index is 0.00774. The standard InChI is InChI=1S/C12H10BrNO2S/c1-8(15)10-3-2-9(13)6-11(10)16-7-12-14-4-5-17-12/h2-6H,7H2,1H3. The molecule has 2 aromatic rings. The van der Waals surface area contributed by atoms with Gasteiger partial charge in [-0.25, -0.2) is 4.98 Å². The molecule has 1 aromatic carbocycles. The van der Waals surface area contributed by atoms with E-state index in [1.165, 1.54) is 18.3 Å². The first-order valence-corrected chi connectivity index (χ1v) is 6.66. The van der Waals surface area contributed by atoms with Crippen molar-refractivity contribution in [2.75, 3.05) is 0 Å². The fourth-order valence-corrected chi connectivity index (χ4v) is 2.24. The number of ether oxygens (including phenoxy) is 1. The molecule has 0 N–H and O–H groups in total. The number of nitrogens with zero attached hydrogens (tertiary/aromatic N) is 1. The number of carbonyl (C=O) groups is 1. The first kappa shape index (κ1) is 12.3. The van der Waals surface area contributed by atoms with E-state index in [0.717, 1.165) is 9.48 Å². The van der Waals surface area contributed by atoms with E-state index in [1.807, 2.05) is 11.4 Å². The maximum absolute atomic E-state index is 11.4. The largest absolute Gasteiger partial charge is 0.486 e. The Labute approximate surface area is 112 Å². The molecule has 0 unspecified atom stereocenters. The average molecular weight is 312 g/mol. The number of thiazole rings is 1. The highest BCUT2D eigenvalue weighted by Gasteiger charge is 2.09. The SMILES string of the molecule is CC(=O)c1ccc(Br)cc1OCc1nccs1. The molecule has 0 atom stereocenters. The Morgan fingerprint density at radius 3 is 3.00 bits per heavy atom. The van der Waals surface area contributed by atoms with E-state index in [2.05, 4.69) is 20.9 Å². The molecule has 0 bridgehead atoms. The van der Waals surface area contributed by atoms with E-state index in [1.54, 1.807) is 18.3 Å². The van der Waals surface area contributed by atoms with Crippen LogP contribution in [0.2, 0.25) is 0 Å². The Morgan fingerprint density at radius 2 is 2.35 bits per heavy atom. The lowest BCUT2D eigenvalue weighted by Crippen LogP contribution is -2.01. The molecule has 0 radical (unpaired) electrons. The Kier molecular flexibility index (Phi) is 3.91. The number of carbonyl (C=O) groups excluding carboxylic acids is 1. The second-order valence-electron chi connectivity index (χ2n) is 3.41. The number of rotatable bonds is 4. The van der Waals surface area contributed by atoms with E-state index < -0.39 is 0 Å². The highest BCUT2D eigenvalue weighted by atomic mass is 79.9. The van der Waals surface area contributed by atoms with E-state index in [4.69, 9.17) is 4.74 Å². The Morgan fingerprint density at radius 1 is 1.53 bits per heavy atom. The van der Waals surface area contributed by atoms with Gasteiger partial charge in [0.15, 0.2) is 5.78 Å². The number of hydrogen-bond acceptors (Lipinski definition) is 4. The van der Waals surface area contributed by atoms with Gasteiger partial charge in [0.25, 0.3) is 0 Å². The molecule has 5 heteroatoms. The number of benzene rings is 1. The summed E-state index contributed by atoms with van der Waals surface area (Å²) in [6.45, 7) is 1.91. The summed E-state index contributed by atoms with van der Waals surface area (Å²) in [5.41, 5.74) is 0.588. The Bertz CT molecular complexity index is 525. The lowest BCUT2D eigenvalue weighted by Gasteiger charge is -2.08. The van der Waals surface area contributed by atoms with Crippen LogP contribution in [0, 0.1) is 0 Å². The van der Waals surface area contributed by atoms with Crippen LogP contribution < -0.4 is 4.74 Å². The van der Waals surface area contributed by atoms with Crippen LogP contribution in [0.1, 0.15) is 22.3 Å². The zero-order valence-corrected chi connectivity index (χ0v) is 11.5. The van der Waals surface area contributed by atoms with E-state index in [0.29, 0.717) is 17.9 Å². The summed E-state index contributed by atoms with van der Waals surface area (Å²) >= 11 is 4.89. The summed E-state index contributed by atoms with van der Waals surface area (Å²) < 4.78 is 6.51. The van der Waals surface area contributed by atoms with Crippen LogP contribution >= 0.6 is 27.3 Å². The van der Waals surface area contributed by atoms with Crippen molar-refractivity contribution in [1.29, 1.82) is 0 Å². The van der Waals surface area contributed by atoms with Crippen molar-refractivity contribution in [3.05, 3.63) is 44.8 Å². The lowest BCUT2D eigenvalue weighted by atomic mass is 10.1. The highest BCUT2D eigenvalue weighted by molar-refractivity contribution is 9.10. The van der Waals surface area contributed by atoms with Gasteiger partial charge < -0.3 is 4.74 Å². The summed E-state index contributed by atoms with van der Waals surface area (Å²) in [6, 6.07) is 5.38. The predicted molar refractivity (Wildman–Crippen MR) is 70.6 cm³/mol. The minimum atomic E-state index is -0.00774. The molecular formula is C12H10BrNO2S. The molecule has 0 aliphatic carbocycles. The molecule has 17 heavy (non-hydrogen) atoms. The second kappa shape index (κ2) is 5.42. The first-order chi connectivity index (χ1) is 8.16. The van der Waals surface area contributed by atoms with E-state index >= 15 is 0 Å². The van der Waals surface area contributed by atoms with Crippen molar-refractivity contribution >= 4 is 33.0 Å². The monoisotopic (exact) mass is 311 g/mol.